The summed E-state index contributed by atoms with van der Waals surface area (Å²) in [6.45, 7) is 7.17. The van der Waals surface area contributed by atoms with Gasteiger partial charge in [0.25, 0.3) is 0 Å². The molecule has 2 N–H and O–H groups in total. The van der Waals surface area contributed by atoms with Crippen LogP contribution in [0.3, 0.4) is 0 Å². The van der Waals surface area contributed by atoms with Crippen molar-refractivity contribution in [2.75, 3.05) is 11.4 Å². The van der Waals surface area contributed by atoms with Crippen LogP contribution in [0.4, 0.5) is 11.4 Å². The molecule has 0 heterocycles. The first-order valence-corrected chi connectivity index (χ1v) is 7.19. The van der Waals surface area contributed by atoms with Gasteiger partial charge in [0.1, 0.15) is 4.99 Å². The minimum absolute atomic E-state index is 0.440. The van der Waals surface area contributed by atoms with Crippen LogP contribution < -0.4 is 10.6 Å². The molecule has 0 saturated carbocycles. The third-order valence-corrected chi connectivity index (χ3v) is 3.65. The number of hydrogen-bond donors (Lipinski definition) is 1. The lowest BCUT2D eigenvalue weighted by molar-refractivity contribution is 1.01. The largest absolute Gasteiger partial charge is 0.389 e. The first kappa shape index (κ1) is 14.5. The molecule has 0 saturated heterocycles. The summed E-state index contributed by atoms with van der Waals surface area (Å²) in [6, 6.07) is 14.6. The van der Waals surface area contributed by atoms with Gasteiger partial charge in [0.15, 0.2) is 0 Å². The SMILES string of the molecule is CCN(c1ccccc1C)c1ccc(C)cc1C(N)=S. The average molecular weight is 284 g/mol. The standard InChI is InChI=1S/C17H20N2S/c1-4-19(15-8-6-5-7-13(15)3)16-10-9-12(2)11-14(16)17(18)20/h5-11H,4H2,1-3H3,(H2,18,20). The molecule has 2 aromatic carbocycles. The molecule has 0 aliphatic heterocycles. The van der Waals surface area contributed by atoms with Crippen LogP contribution in [0.2, 0.25) is 0 Å². The molecule has 0 atom stereocenters. The molecule has 0 fully saturated rings. The number of nitrogens with zero attached hydrogens (tertiary/aromatic N) is 1. The van der Waals surface area contributed by atoms with Crippen LogP contribution in [-0.4, -0.2) is 11.5 Å². The second-order valence-electron chi connectivity index (χ2n) is 4.92. The van der Waals surface area contributed by atoms with Crippen molar-refractivity contribution < 1.29 is 0 Å². The lowest BCUT2D eigenvalue weighted by Gasteiger charge is -2.27. The highest BCUT2D eigenvalue weighted by atomic mass is 32.1. The van der Waals surface area contributed by atoms with Crippen LogP contribution in [0.15, 0.2) is 42.5 Å². The van der Waals surface area contributed by atoms with Crippen LogP contribution >= 0.6 is 12.2 Å². The van der Waals surface area contributed by atoms with Gasteiger partial charge in [0.05, 0.1) is 5.69 Å². The summed E-state index contributed by atoms with van der Waals surface area (Å²) in [4.78, 5) is 2.69. The lowest BCUT2D eigenvalue weighted by Crippen LogP contribution is -2.22. The highest BCUT2D eigenvalue weighted by molar-refractivity contribution is 7.80. The van der Waals surface area contributed by atoms with Gasteiger partial charge in [-0.05, 0) is 44.5 Å². The highest BCUT2D eigenvalue weighted by Gasteiger charge is 2.14. The Morgan fingerprint density at radius 1 is 1.10 bits per heavy atom. The Morgan fingerprint density at radius 2 is 1.80 bits per heavy atom. The zero-order valence-electron chi connectivity index (χ0n) is 12.2. The summed E-state index contributed by atoms with van der Waals surface area (Å²) in [5.74, 6) is 0. The van der Waals surface area contributed by atoms with Gasteiger partial charge in [-0.25, -0.2) is 0 Å². The topological polar surface area (TPSA) is 29.3 Å². The quantitative estimate of drug-likeness (QED) is 0.857. The summed E-state index contributed by atoms with van der Waals surface area (Å²) in [5.41, 5.74) is 11.5. The number of hydrogen-bond acceptors (Lipinski definition) is 2. The van der Waals surface area contributed by atoms with E-state index in [1.54, 1.807) is 0 Å². The molecule has 0 amide bonds. The molecule has 2 nitrogen and oxygen atoms in total. The molecule has 0 unspecified atom stereocenters. The van der Waals surface area contributed by atoms with E-state index in [0.29, 0.717) is 4.99 Å². The minimum atomic E-state index is 0.440. The van der Waals surface area contributed by atoms with Gasteiger partial charge in [-0.1, -0.05) is 42.0 Å². The van der Waals surface area contributed by atoms with E-state index in [2.05, 4.69) is 68.1 Å². The lowest BCUT2D eigenvalue weighted by atomic mass is 10.1. The Labute approximate surface area is 126 Å². The molecule has 3 heteroatoms. The van der Waals surface area contributed by atoms with Crippen molar-refractivity contribution in [3.8, 4) is 0 Å². The van der Waals surface area contributed by atoms with Crippen molar-refractivity contribution >= 4 is 28.6 Å². The maximum absolute atomic E-state index is 5.90. The van der Waals surface area contributed by atoms with Crippen molar-refractivity contribution in [3.05, 3.63) is 59.2 Å². The molecule has 2 aromatic rings. The first-order chi connectivity index (χ1) is 9.54. The summed E-state index contributed by atoms with van der Waals surface area (Å²) in [5, 5.41) is 0. The van der Waals surface area contributed by atoms with Gasteiger partial charge in [-0.3, -0.25) is 0 Å². The van der Waals surface area contributed by atoms with Crippen LogP contribution in [0, 0.1) is 13.8 Å². The Kier molecular flexibility index (Phi) is 4.40. The van der Waals surface area contributed by atoms with Gasteiger partial charge >= 0.3 is 0 Å². The van der Waals surface area contributed by atoms with Crippen molar-refractivity contribution in [1.29, 1.82) is 0 Å². The number of thiocarbonyl (C=S) groups is 1. The number of nitrogens with two attached hydrogens (primary N) is 1. The molecule has 0 radical (unpaired) electrons. The summed E-state index contributed by atoms with van der Waals surface area (Å²) in [6.07, 6.45) is 0. The number of anilines is 2. The molecule has 0 aliphatic rings. The zero-order valence-corrected chi connectivity index (χ0v) is 13.0. The zero-order chi connectivity index (χ0) is 14.7. The second kappa shape index (κ2) is 6.06. The van der Waals surface area contributed by atoms with Crippen molar-refractivity contribution in [2.24, 2.45) is 5.73 Å². The molecule has 104 valence electrons. The Bertz CT molecular complexity index is 635. The molecular formula is C17H20N2S. The second-order valence-corrected chi connectivity index (χ2v) is 5.36. The van der Waals surface area contributed by atoms with E-state index < -0.39 is 0 Å². The summed E-state index contributed by atoms with van der Waals surface area (Å²) < 4.78 is 0. The van der Waals surface area contributed by atoms with E-state index in [1.165, 1.54) is 11.3 Å². The van der Waals surface area contributed by atoms with Crippen molar-refractivity contribution in [1.82, 2.24) is 0 Å². The maximum Gasteiger partial charge on any atom is 0.106 e. The monoisotopic (exact) mass is 284 g/mol. The van der Waals surface area contributed by atoms with Gasteiger partial charge in [0.2, 0.25) is 0 Å². The van der Waals surface area contributed by atoms with Crippen LogP contribution in [0.25, 0.3) is 0 Å². The molecule has 0 aliphatic carbocycles. The predicted molar refractivity (Wildman–Crippen MR) is 90.9 cm³/mol. The molecule has 20 heavy (non-hydrogen) atoms. The summed E-state index contributed by atoms with van der Waals surface area (Å²) >= 11 is 5.21. The summed E-state index contributed by atoms with van der Waals surface area (Å²) in [7, 11) is 0. The fourth-order valence-electron chi connectivity index (χ4n) is 2.42. The molecular weight excluding hydrogens is 264 g/mol. The Balaban J connectivity index is 2.58. The maximum atomic E-state index is 5.90. The van der Waals surface area contributed by atoms with Crippen LogP contribution in [-0.2, 0) is 0 Å². The Hall–Kier alpha value is -1.87. The fourth-order valence-corrected chi connectivity index (χ4v) is 2.58. The third kappa shape index (κ3) is 2.83. The van der Waals surface area contributed by atoms with E-state index in [4.69, 9.17) is 18.0 Å². The highest BCUT2D eigenvalue weighted by Crippen LogP contribution is 2.31. The van der Waals surface area contributed by atoms with E-state index in [9.17, 15) is 0 Å². The fraction of sp³-hybridized carbons (Fsp3) is 0.235. The van der Waals surface area contributed by atoms with Gasteiger partial charge in [-0.15, -0.1) is 0 Å². The molecule has 0 bridgehead atoms. The van der Waals surface area contributed by atoms with Crippen molar-refractivity contribution in [3.63, 3.8) is 0 Å². The molecule has 2 rings (SSSR count). The van der Waals surface area contributed by atoms with Gasteiger partial charge in [0, 0.05) is 17.8 Å². The first-order valence-electron chi connectivity index (χ1n) is 6.78. The normalized spacial score (nSPS) is 10.3. The van der Waals surface area contributed by atoms with E-state index in [0.717, 1.165) is 23.4 Å². The molecule has 0 spiro atoms. The average Bonchev–Trinajstić information content (AvgIpc) is 2.42. The van der Waals surface area contributed by atoms with E-state index in [1.807, 2.05) is 0 Å². The number of benzene rings is 2. The smallest absolute Gasteiger partial charge is 0.106 e. The Morgan fingerprint density at radius 3 is 2.40 bits per heavy atom. The predicted octanol–water partition coefficient (Wildman–Crippen LogP) is 4.10. The van der Waals surface area contributed by atoms with Gasteiger partial charge < -0.3 is 10.6 Å². The van der Waals surface area contributed by atoms with Gasteiger partial charge in [-0.2, -0.15) is 0 Å². The molecule has 0 aromatic heterocycles. The number of aryl methyl sites for hydroxylation is 2. The number of rotatable bonds is 4. The van der Waals surface area contributed by atoms with Crippen LogP contribution in [0.5, 0.6) is 0 Å². The van der Waals surface area contributed by atoms with E-state index >= 15 is 0 Å². The number of para-hydroxylation sites is 1. The van der Waals surface area contributed by atoms with E-state index in [-0.39, 0.29) is 0 Å². The third-order valence-electron chi connectivity index (χ3n) is 3.43. The minimum Gasteiger partial charge on any atom is -0.389 e. The van der Waals surface area contributed by atoms with Crippen molar-refractivity contribution in [2.45, 2.75) is 20.8 Å². The van der Waals surface area contributed by atoms with Crippen LogP contribution in [0.1, 0.15) is 23.6 Å².